The third kappa shape index (κ3) is 2.38. The molecule has 0 atom stereocenters. The van der Waals surface area contributed by atoms with Gasteiger partial charge in [-0.25, -0.2) is 4.98 Å². The number of anilines is 1. The summed E-state index contributed by atoms with van der Waals surface area (Å²) in [6, 6.07) is 9.90. The van der Waals surface area contributed by atoms with Crippen LogP contribution in [0.25, 0.3) is 16.7 Å². The zero-order valence-corrected chi connectivity index (χ0v) is 13.6. The van der Waals surface area contributed by atoms with E-state index in [1.165, 1.54) is 6.07 Å². The number of rotatable bonds is 2. The van der Waals surface area contributed by atoms with Gasteiger partial charge in [0.05, 0.1) is 6.42 Å². The van der Waals surface area contributed by atoms with E-state index < -0.39 is 11.9 Å². The Balaban J connectivity index is 1.74. The fraction of sp³-hybridized carbons (Fsp3) is 0.263. The van der Waals surface area contributed by atoms with Gasteiger partial charge in [0.15, 0.2) is 0 Å². The van der Waals surface area contributed by atoms with E-state index in [2.05, 4.69) is 10.3 Å². The molecular formula is C19H14F3N3O. The number of halogens is 3. The van der Waals surface area contributed by atoms with Gasteiger partial charge < -0.3 is 5.32 Å². The molecule has 1 fully saturated rings. The first kappa shape index (κ1) is 15.4. The number of nitrogens with one attached hydrogen (secondary N) is 1. The van der Waals surface area contributed by atoms with Crippen LogP contribution >= 0.6 is 0 Å². The van der Waals surface area contributed by atoms with Gasteiger partial charge in [0, 0.05) is 22.5 Å². The number of carbonyl (C=O) groups excluding carboxylic acids is 1. The SMILES string of the molecule is O=C1Cc2cc(-n3c(C4CC4)cc4ccc(C(F)(F)F)nc43)ccc2N1. The molecule has 3 heterocycles. The molecule has 0 bridgehead atoms. The van der Waals surface area contributed by atoms with E-state index in [4.69, 9.17) is 0 Å². The van der Waals surface area contributed by atoms with E-state index in [-0.39, 0.29) is 12.3 Å². The fourth-order valence-electron chi connectivity index (χ4n) is 3.56. The molecule has 5 rings (SSSR count). The second-order valence-corrected chi connectivity index (χ2v) is 6.85. The smallest absolute Gasteiger partial charge is 0.326 e. The van der Waals surface area contributed by atoms with Gasteiger partial charge >= 0.3 is 6.18 Å². The van der Waals surface area contributed by atoms with E-state index in [0.29, 0.717) is 17.0 Å². The summed E-state index contributed by atoms with van der Waals surface area (Å²) < 4.78 is 41.2. The molecule has 1 N–H and O–H groups in total. The third-order valence-corrected chi connectivity index (χ3v) is 4.94. The third-order valence-electron chi connectivity index (χ3n) is 4.94. The van der Waals surface area contributed by atoms with Crippen molar-refractivity contribution in [3.63, 3.8) is 0 Å². The lowest BCUT2D eigenvalue weighted by Crippen LogP contribution is -2.09. The highest BCUT2D eigenvalue weighted by atomic mass is 19.4. The second kappa shape index (κ2) is 5.09. The largest absolute Gasteiger partial charge is 0.433 e. The van der Waals surface area contributed by atoms with E-state index in [1.54, 1.807) is 6.07 Å². The van der Waals surface area contributed by atoms with Crippen molar-refractivity contribution in [3.05, 3.63) is 53.3 Å². The molecule has 0 unspecified atom stereocenters. The molecule has 4 nitrogen and oxygen atoms in total. The van der Waals surface area contributed by atoms with Gasteiger partial charge in [-0.05, 0) is 60.7 Å². The Morgan fingerprint density at radius 3 is 2.65 bits per heavy atom. The Kier molecular flexibility index (Phi) is 3.02. The maximum Gasteiger partial charge on any atom is 0.433 e. The molecule has 3 aromatic rings. The number of fused-ring (bicyclic) bond motifs is 2. The molecule has 0 spiro atoms. The molecular weight excluding hydrogens is 343 g/mol. The lowest BCUT2D eigenvalue weighted by Gasteiger charge is -2.12. The Labute approximate surface area is 146 Å². The molecule has 26 heavy (non-hydrogen) atoms. The molecule has 132 valence electrons. The van der Waals surface area contributed by atoms with Crippen molar-refractivity contribution in [2.45, 2.75) is 31.4 Å². The Hall–Kier alpha value is -2.83. The zero-order chi connectivity index (χ0) is 18.1. The number of hydrogen-bond donors (Lipinski definition) is 1. The Bertz CT molecular complexity index is 1060. The molecule has 0 saturated heterocycles. The summed E-state index contributed by atoms with van der Waals surface area (Å²) in [6.07, 6.45) is -2.17. The van der Waals surface area contributed by atoms with Crippen LogP contribution in [0.2, 0.25) is 0 Å². The zero-order valence-electron chi connectivity index (χ0n) is 13.6. The summed E-state index contributed by atoms with van der Waals surface area (Å²) in [5.74, 6) is 0.265. The minimum atomic E-state index is -4.49. The summed E-state index contributed by atoms with van der Waals surface area (Å²) >= 11 is 0. The fourth-order valence-corrected chi connectivity index (χ4v) is 3.56. The van der Waals surface area contributed by atoms with Crippen molar-refractivity contribution in [3.8, 4) is 5.69 Å². The summed E-state index contributed by atoms with van der Waals surface area (Å²) in [7, 11) is 0. The molecule has 1 aromatic carbocycles. The quantitative estimate of drug-likeness (QED) is 0.738. The molecule has 2 aromatic heterocycles. The Morgan fingerprint density at radius 2 is 1.92 bits per heavy atom. The van der Waals surface area contributed by atoms with Crippen LogP contribution in [0.5, 0.6) is 0 Å². The monoisotopic (exact) mass is 357 g/mol. The van der Waals surface area contributed by atoms with Crippen LogP contribution < -0.4 is 5.32 Å². The van der Waals surface area contributed by atoms with Crippen LogP contribution in [-0.4, -0.2) is 15.5 Å². The van der Waals surface area contributed by atoms with Gasteiger partial charge in [0.1, 0.15) is 11.3 Å². The van der Waals surface area contributed by atoms with Gasteiger partial charge in [-0.1, -0.05) is 0 Å². The van der Waals surface area contributed by atoms with E-state index in [1.807, 2.05) is 22.8 Å². The van der Waals surface area contributed by atoms with Crippen molar-refractivity contribution in [2.24, 2.45) is 0 Å². The molecule has 0 radical (unpaired) electrons. The van der Waals surface area contributed by atoms with E-state index in [0.717, 1.165) is 41.5 Å². The first-order chi connectivity index (χ1) is 12.4. The number of benzene rings is 1. The molecule has 1 amide bonds. The molecule has 1 aliphatic heterocycles. The van der Waals surface area contributed by atoms with E-state index >= 15 is 0 Å². The van der Waals surface area contributed by atoms with Crippen molar-refractivity contribution in [1.82, 2.24) is 9.55 Å². The van der Waals surface area contributed by atoms with Crippen LogP contribution in [0.1, 0.15) is 35.7 Å². The number of nitrogens with zero attached hydrogens (tertiary/aromatic N) is 2. The predicted octanol–water partition coefficient (Wildman–Crippen LogP) is 4.42. The van der Waals surface area contributed by atoms with Crippen molar-refractivity contribution in [1.29, 1.82) is 0 Å². The highest BCUT2D eigenvalue weighted by molar-refractivity contribution is 5.99. The van der Waals surface area contributed by atoms with E-state index in [9.17, 15) is 18.0 Å². The summed E-state index contributed by atoms with van der Waals surface area (Å²) in [6.45, 7) is 0. The summed E-state index contributed by atoms with van der Waals surface area (Å²) in [5, 5.41) is 3.46. The number of aromatic nitrogens is 2. The number of hydrogen-bond acceptors (Lipinski definition) is 2. The van der Waals surface area contributed by atoms with Crippen LogP contribution in [-0.2, 0) is 17.4 Å². The number of alkyl halides is 3. The van der Waals surface area contributed by atoms with Crippen LogP contribution in [0.3, 0.4) is 0 Å². The highest BCUT2D eigenvalue weighted by Crippen LogP contribution is 2.44. The standard InChI is InChI=1S/C19H14F3N3O/c20-19(21,22)16-6-3-11-8-15(10-1-2-10)25(18(11)24-16)13-4-5-14-12(7-13)9-17(26)23-14/h3-8,10H,1-2,9H2,(H,23,26). The first-order valence-corrected chi connectivity index (χ1v) is 8.43. The average Bonchev–Trinajstić information content (AvgIpc) is 3.25. The minimum absolute atomic E-state index is 0.0746. The van der Waals surface area contributed by atoms with Crippen LogP contribution in [0.15, 0.2) is 36.4 Å². The average molecular weight is 357 g/mol. The van der Waals surface area contributed by atoms with Crippen molar-refractivity contribution in [2.75, 3.05) is 5.32 Å². The van der Waals surface area contributed by atoms with Crippen LogP contribution in [0.4, 0.5) is 18.9 Å². The molecule has 7 heteroatoms. The maximum atomic E-state index is 13.1. The summed E-state index contributed by atoms with van der Waals surface area (Å²) in [4.78, 5) is 15.5. The van der Waals surface area contributed by atoms with Gasteiger partial charge in [-0.15, -0.1) is 0 Å². The number of amides is 1. The number of carbonyl (C=O) groups is 1. The van der Waals surface area contributed by atoms with Crippen molar-refractivity contribution < 1.29 is 18.0 Å². The van der Waals surface area contributed by atoms with Gasteiger partial charge in [0.25, 0.3) is 0 Å². The normalized spacial score (nSPS) is 16.8. The lowest BCUT2D eigenvalue weighted by molar-refractivity contribution is -0.141. The van der Waals surface area contributed by atoms with Crippen molar-refractivity contribution >= 4 is 22.6 Å². The van der Waals surface area contributed by atoms with Gasteiger partial charge in [0.2, 0.25) is 5.91 Å². The predicted molar refractivity (Wildman–Crippen MR) is 90.4 cm³/mol. The molecule has 1 saturated carbocycles. The summed E-state index contributed by atoms with van der Waals surface area (Å²) in [5.41, 5.74) is 2.73. The number of pyridine rings is 1. The topological polar surface area (TPSA) is 46.9 Å². The minimum Gasteiger partial charge on any atom is -0.326 e. The molecule has 2 aliphatic rings. The van der Waals surface area contributed by atoms with Gasteiger partial charge in [-0.2, -0.15) is 13.2 Å². The Morgan fingerprint density at radius 1 is 1.12 bits per heavy atom. The molecule has 1 aliphatic carbocycles. The second-order valence-electron chi connectivity index (χ2n) is 6.85. The van der Waals surface area contributed by atoms with Crippen LogP contribution in [0, 0.1) is 0 Å². The first-order valence-electron chi connectivity index (χ1n) is 8.43. The maximum absolute atomic E-state index is 13.1. The van der Waals surface area contributed by atoms with Gasteiger partial charge in [-0.3, -0.25) is 9.36 Å². The lowest BCUT2D eigenvalue weighted by atomic mass is 10.1. The highest BCUT2D eigenvalue weighted by Gasteiger charge is 2.34.